The van der Waals surface area contributed by atoms with E-state index < -0.39 is 0 Å². The van der Waals surface area contributed by atoms with Gasteiger partial charge in [-0.15, -0.1) is 11.3 Å². The molecule has 4 heteroatoms. The number of nitrogens with zero attached hydrogens (tertiary/aromatic N) is 1. The van der Waals surface area contributed by atoms with E-state index in [4.69, 9.17) is 0 Å². The van der Waals surface area contributed by atoms with Crippen LogP contribution in [0.15, 0.2) is 39.6 Å². The fourth-order valence-corrected chi connectivity index (χ4v) is 3.59. The number of benzene rings is 1. The number of thiazole rings is 1. The monoisotopic (exact) mass is 322 g/mol. The Hall–Kier alpha value is -0.710. The van der Waals surface area contributed by atoms with Gasteiger partial charge in [0.1, 0.15) is 0 Å². The first-order valence-electron chi connectivity index (χ1n) is 6.18. The van der Waals surface area contributed by atoms with E-state index in [1.807, 2.05) is 5.51 Å². The molecule has 1 aliphatic rings. The lowest BCUT2D eigenvalue weighted by molar-refractivity contribution is 0.288. The quantitative estimate of drug-likeness (QED) is 0.922. The standard InChI is InChI=1S/C14H15BrN2S/c15-14-4-2-1-3-13(14)10-5-11(6-10)16-7-12-8-18-9-17-12/h1-4,8-11,16H,5-7H2. The first kappa shape index (κ1) is 12.3. The fourth-order valence-electron chi connectivity index (χ4n) is 2.42. The first-order chi connectivity index (χ1) is 8.83. The van der Waals surface area contributed by atoms with E-state index in [1.54, 1.807) is 11.3 Å². The second-order valence-electron chi connectivity index (χ2n) is 4.75. The molecule has 0 aliphatic heterocycles. The Morgan fingerprint density at radius 3 is 2.89 bits per heavy atom. The molecule has 2 nitrogen and oxygen atoms in total. The van der Waals surface area contributed by atoms with Crippen molar-refractivity contribution in [3.05, 3.63) is 50.9 Å². The highest BCUT2D eigenvalue weighted by molar-refractivity contribution is 9.10. The molecule has 0 bridgehead atoms. The van der Waals surface area contributed by atoms with Gasteiger partial charge < -0.3 is 5.32 Å². The van der Waals surface area contributed by atoms with Crippen LogP contribution in [0.1, 0.15) is 30.0 Å². The number of hydrogen-bond acceptors (Lipinski definition) is 3. The second kappa shape index (κ2) is 5.51. The molecule has 2 aromatic rings. The summed E-state index contributed by atoms with van der Waals surface area (Å²) >= 11 is 5.29. The van der Waals surface area contributed by atoms with Gasteiger partial charge in [0.2, 0.25) is 0 Å². The molecule has 1 aromatic carbocycles. The number of aromatic nitrogens is 1. The maximum absolute atomic E-state index is 4.29. The van der Waals surface area contributed by atoms with E-state index in [2.05, 4.69) is 55.9 Å². The highest BCUT2D eigenvalue weighted by Gasteiger charge is 2.30. The zero-order valence-electron chi connectivity index (χ0n) is 9.97. The predicted molar refractivity (Wildman–Crippen MR) is 78.9 cm³/mol. The van der Waals surface area contributed by atoms with Gasteiger partial charge in [-0.2, -0.15) is 0 Å². The molecule has 1 saturated carbocycles. The highest BCUT2D eigenvalue weighted by Crippen LogP contribution is 2.39. The highest BCUT2D eigenvalue weighted by atomic mass is 79.9. The van der Waals surface area contributed by atoms with Crippen molar-refractivity contribution in [1.29, 1.82) is 0 Å². The van der Waals surface area contributed by atoms with Crippen molar-refractivity contribution in [2.24, 2.45) is 0 Å². The smallest absolute Gasteiger partial charge is 0.0795 e. The van der Waals surface area contributed by atoms with Gasteiger partial charge in [-0.3, -0.25) is 0 Å². The Morgan fingerprint density at radius 1 is 1.33 bits per heavy atom. The third kappa shape index (κ3) is 2.66. The molecule has 94 valence electrons. The Morgan fingerprint density at radius 2 is 2.17 bits per heavy atom. The molecule has 0 atom stereocenters. The lowest BCUT2D eigenvalue weighted by Gasteiger charge is -2.36. The van der Waals surface area contributed by atoms with E-state index in [0.29, 0.717) is 12.0 Å². The van der Waals surface area contributed by atoms with E-state index in [1.165, 1.54) is 22.9 Å². The molecular weight excluding hydrogens is 308 g/mol. The first-order valence-corrected chi connectivity index (χ1v) is 7.91. The normalized spacial score (nSPS) is 22.7. The van der Waals surface area contributed by atoms with Crippen LogP contribution < -0.4 is 5.32 Å². The van der Waals surface area contributed by atoms with Crippen LogP contribution in [-0.4, -0.2) is 11.0 Å². The summed E-state index contributed by atoms with van der Waals surface area (Å²) in [6.45, 7) is 0.900. The molecule has 1 heterocycles. The molecule has 0 amide bonds. The molecule has 1 aromatic heterocycles. The molecule has 1 fully saturated rings. The summed E-state index contributed by atoms with van der Waals surface area (Å²) in [7, 11) is 0. The van der Waals surface area contributed by atoms with Crippen LogP contribution in [0.4, 0.5) is 0 Å². The maximum Gasteiger partial charge on any atom is 0.0795 e. The van der Waals surface area contributed by atoms with Gasteiger partial charge in [-0.1, -0.05) is 34.1 Å². The van der Waals surface area contributed by atoms with Crippen LogP contribution in [0.5, 0.6) is 0 Å². The summed E-state index contributed by atoms with van der Waals surface area (Å²) in [5.41, 5.74) is 4.50. The Bertz CT molecular complexity index is 506. The fraction of sp³-hybridized carbons (Fsp3) is 0.357. The third-order valence-corrected chi connectivity index (χ3v) is 4.90. The minimum atomic E-state index is 0.642. The number of rotatable bonds is 4. The van der Waals surface area contributed by atoms with Crippen LogP contribution in [0.3, 0.4) is 0 Å². The van der Waals surface area contributed by atoms with Crippen LogP contribution in [-0.2, 0) is 6.54 Å². The van der Waals surface area contributed by atoms with Crippen molar-refractivity contribution in [2.45, 2.75) is 31.3 Å². The van der Waals surface area contributed by atoms with Crippen molar-refractivity contribution in [1.82, 2.24) is 10.3 Å². The summed E-state index contributed by atoms with van der Waals surface area (Å²) in [6, 6.07) is 9.20. The Kier molecular flexibility index (Phi) is 3.77. The average molecular weight is 323 g/mol. The van der Waals surface area contributed by atoms with Gasteiger partial charge in [0.25, 0.3) is 0 Å². The summed E-state index contributed by atoms with van der Waals surface area (Å²) < 4.78 is 1.24. The molecule has 0 saturated heterocycles. The van der Waals surface area contributed by atoms with E-state index in [0.717, 1.165) is 12.2 Å². The van der Waals surface area contributed by atoms with Crippen LogP contribution >= 0.6 is 27.3 Å². The molecule has 0 spiro atoms. The lowest BCUT2D eigenvalue weighted by Crippen LogP contribution is -2.39. The summed E-state index contributed by atoms with van der Waals surface area (Å²) in [5.74, 6) is 0.702. The predicted octanol–water partition coefficient (Wildman–Crippen LogP) is 3.94. The molecule has 18 heavy (non-hydrogen) atoms. The van der Waals surface area contributed by atoms with Crippen molar-refractivity contribution >= 4 is 27.3 Å². The van der Waals surface area contributed by atoms with Crippen molar-refractivity contribution in [3.63, 3.8) is 0 Å². The average Bonchev–Trinajstić information content (AvgIpc) is 2.82. The summed E-state index contributed by atoms with van der Waals surface area (Å²) in [4.78, 5) is 4.29. The Labute approximate surface area is 120 Å². The largest absolute Gasteiger partial charge is 0.308 e. The van der Waals surface area contributed by atoms with Gasteiger partial charge in [-0.05, 0) is 30.4 Å². The van der Waals surface area contributed by atoms with Crippen LogP contribution in [0.25, 0.3) is 0 Å². The topological polar surface area (TPSA) is 24.9 Å². The lowest BCUT2D eigenvalue weighted by atomic mass is 9.76. The molecule has 1 aliphatic carbocycles. The molecule has 0 radical (unpaired) electrons. The summed E-state index contributed by atoms with van der Waals surface area (Å²) in [5, 5.41) is 5.68. The molecule has 0 unspecified atom stereocenters. The van der Waals surface area contributed by atoms with Gasteiger partial charge in [0.15, 0.2) is 0 Å². The Balaban J connectivity index is 1.50. The van der Waals surface area contributed by atoms with E-state index in [-0.39, 0.29) is 0 Å². The zero-order valence-corrected chi connectivity index (χ0v) is 12.4. The molecule has 1 N–H and O–H groups in total. The minimum absolute atomic E-state index is 0.642. The van der Waals surface area contributed by atoms with Gasteiger partial charge >= 0.3 is 0 Å². The second-order valence-corrected chi connectivity index (χ2v) is 6.32. The number of halogens is 1. The SMILES string of the molecule is Brc1ccccc1C1CC(NCc2cscn2)C1. The van der Waals surface area contributed by atoms with Gasteiger partial charge in [0.05, 0.1) is 11.2 Å². The van der Waals surface area contributed by atoms with Crippen LogP contribution in [0, 0.1) is 0 Å². The van der Waals surface area contributed by atoms with Gasteiger partial charge in [-0.25, -0.2) is 4.98 Å². The van der Waals surface area contributed by atoms with E-state index in [9.17, 15) is 0 Å². The summed E-state index contributed by atoms with van der Waals surface area (Å²) in [6.07, 6.45) is 2.46. The number of hydrogen-bond donors (Lipinski definition) is 1. The minimum Gasteiger partial charge on any atom is -0.308 e. The van der Waals surface area contributed by atoms with Gasteiger partial charge in [0, 0.05) is 22.4 Å². The van der Waals surface area contributed by atoms with E-state index >= 15 is 0 Å². The third-order valence-electron chi connectivity index (χ3n) is 3.54. The molecular formula is C14H15BrN2S. The zero-order chi connectivity index (χ0) is 12.4. The van der Waals surface area contributed by atoms with Crippen molar-refractivity contribution in [2.75, 3.05) is 0 Å². The maximum atomic E-state index is 4.29. The number of nitrogens with one attached hydrogen (secondary N) is 1. The van der Waals surface area contributed by atoms with Crippen molar-refractivity contribution < 1.29 is 0 Å². The van der Waals surface area contributed by atoms with Crippen LogP contribution in [0.2, 0.25) is 0 Å². The van der Waals surface area contributed by atoms with Crippen molar-refractivity contribution in [3.8, 4) is 0 Å². The molecule has 3 rings (SSSR count).